The lowest BCUT2D eigenvalue weighted by molar-refractivity contribution is -0.139. The average Bonchev–Trinajstić information content (AvgIpc) is 3.05. The van der Waals surface area contributed by atoms with Gasteiger partial charge in [0, 0.05) is 18.0 Å². The van der Waals surface area contributed by atoms with E-state index in [4.69, 9.17) is 27.9 Å². The molecule has 1 aliphatic rings. The zero-order chi connectivity index (χ0) is 23.2. The number of nitrogens with one attached hydrogen (secondary N) is 1. The number of aryl methyl sites for hydroxylation is 1. The summed E-state index contributed by atoms with van der Waals surface area (Å²) in [5.74, 6) is -1.73. The summed E-state index contributed by atoms with van der Waals surface area (Å²) in [4.78, 5) is 24.9. The summed E-state index contributed by atoms with van der Waals surface area (Å²) in [6.45, 7) is 4.44. The molecule has 32 heavy (non-hydrogen) atoms. The van der Waals surface area contributed by atoms with Crippen molar-refractivity contribution in [3.8, 4) is 0 Å². The number of ether oxygens (including phenoxy) is 1. The molecule has 1 atom stereocenters. The molecular weight excluding hydrogens is 451 g/mol. The van der Waals surface area contributed by atoms with Gasteiger partial charge in [0.05, 0.1) is 29.2 Å². The van der Waals surface area contributed by atoms with Gasteiger partial charge in [0.15, 0.2) is 0 Å². The van der Waals surface area contributed by atoms with Gasteiger partial charge in [-0.1, -0.05) is 61.3 Å². The van der Waals surface area contributed by atoms with Gasteiger partial charge in [0.25, 0.3) is 5.91 Å². The Hall–Kier alpha value is -2.54. The summed E-state index contributed by atoms with van der Waals surface area (Å²) in [7, 11) is 1.80. The zero-order valence-corrected chi connectivity index (χ0v) is 19.5. The van der Waals surface area contributed by atoms with Gasteiger partial charge < -0.3 is 19.7 Å². The summed E-state index contributed by atoms with van der Waals surface area (Å²) in [5.41, 5.74) is 2.19. The first kappa shape index (κ1) is 22.6. The van der Waals surface area contributed by atoms with Crippen LogP contribution in [0.3, 0.4) is 0 Å². The predicted octanol–water partition coefficient (Wildman–Crippen LogP) is 4.96. The first-order chi connectivity index (χ1) is 15.1. The van der Waals surface area contributed by atoms with Crippen molar-refractivity contribution in [1.29, 1.82) is 0 Å². The highest BCUT2D eigenvalue weighted by Crippen LogP contribution is 2.35. The molecule has 3 aromatic rings. The number of aliphatic carboxylic acids is 1. The van der Waals surface area contributed by atoms with Crippen LogP contribution in [0.5, 0.6) is 0 Å². The number of hydrogen-bond donors (Lipinski definition) is 2. The molecule has 1 amide bonds. The highest BCUT2D eigenvalue weighted by molar-refractivity contribution is 6.45. The maximum Gasteiger partial charge on any atom is 0.311 e. The molecule has 2 N–H and O–H groups in total. The van der Waals surface area contributed by atoms with Gasteiger partial charge in [-0.15, -0.1) is 0 Å². The smallest absolute Gasteiger partial charge is 0.311 e. The standard InChI is InChI=1S/C24H24Cl2N2O4/c1-13(2)20(23(30)31)14-4-6-15(7-5-14)24(11-32-12-24)27-22(29)19-10-16-18(28(19)3)9-8-17(25)21(16)26/h4-10,13,20H,11-12H2,1-3H3,(H,27,29)(H,30,31). The SMILES string of the molecule is CC(C)C(C(=O)O)c1ccc(C2(NC(=O)c3cc4c(Cl)c(Cl)ccc4n3C)COC2)cc1. The number of carbonyl (C=O) groups is 2. The summed E-state index contributed by atoms with van der Waals surface area (Å²) < 4.78 is 7.23. The summed E-state index contributed by atoms with van der Waals surface area (Å²) in [6, 6.07) is 12.6. The van der Waals surface area contributed by atoms with Gasteiger partial charge in [-0.25, -0.2) is 0 Å². The Morgan fingerprint density at radius 1 is 1.12 bits per heavy atom. The van der Waals surface area contributed by atoms with E-state index in [2.05, 4.69) is 5.32 Å². The quantitative estimate of drug-likeness (QED) is 0.528. The van der Waals surface area contributed by atoms with E-state index in [0.717, 1.165) is 16.6 Å². The number of fused-ring (bicyclic) bond motifs is 1. The second kappa shape index (κ2) is 8.43. The van der Waals surface area contributed by atoms with Gasteiger partial charge in [0.2, 0.25) is 0 Å². The molecule has 4 rings (SSSR count). The van der Waals surface area contributed by atoms with Crippen LogP contribution in [-0.2, 0) is 22.1 Å². The molecule has 2 heterocycles. The number of halogens is 2. The second-order valence-electron chi connectivity index (χ2n) is 8.59. The Balaban J connectivity index is 1.63. The summed E-state index contributed by atoms with van der Waals surface area (Å²) in [5, 5.41) is 14.2. The van der Waals surface area contributed by atoms with E-state index in [1.54, 1.807) is 23.7 Å². The number of rotatable bonds is 6. The van der Waals surface area contributed by atoms with Crippen molar-refractivity contribution in [3.05, 3.63) is 69.3 Å². The van der Waals surface area contributed by atoms with E-state index < -0.39 is 17.4 Å². The Bertz CT molecular complexity index is 1200. The molecule has 1 saturated heterocycles. The van der Waals surface area contributed by atoms with Crippen LogP contribution in [0.15, 0.2) is 42.5 Å². The fourth-order valence-corrected chi connectivity index (χ4v) is 4.67. The van der Waals surface area contributed by atoms with Crippen LogP contribution in [0.1, 0.15) is 41.4 Å². The van der Waals surface area contributed by atoms with Gasteiger partial charge in [0.1, 0.15) is 11.2 Å². The maximum absolute atomic E-state index is 13.2. The van der Waals surface area contributed by atoms with E-state index in [9.17, 15) is 14.7 Å². The average molecular weight is 475 g/mol. The molecule has 1 aliphatic heterocycles. The fraction of sp³-hybridized carbons (Fsp3) is 0.333. The third-order valence-corrected chi connectivity index (χ3v) is 6.97. The van der Waals surface area contributed by atoms with Crippen LogP contribution in [-0.4, -0.2) is 34.8 Å². The fourth-order valence-electron chi connectivity index (χ4n) is 4.29. The van der Waals surface area contributed by atoms with E-state index in [1.807, 2.05) is 44.2 Å². The molecule has 1 fully saturated rings. The molecule has 0 aliphatic carbocycles. The summed E-state index contributed by atoms with van der Waals surface area (Å²) >= 11 is 12.5. The molecule has 0 radical (unpaired) electrons. The monoisotopic (exact) mass is 474 g/mol. The highest BCUT2D eigenvalue weighted by Gasteiger charge is 2.42. The minimum absolute atomic E-state index is 0.0363. The Morgan fingerprint density at radius 2 is 1.78 bits per heavy atom. The lowest BCUT2D eigenvalue weighted by Gasteiger charge is -2.42. The van der Waals surface area contributed by atoms with Crippen LogP contribution >= 0.6 is 23.2 Å². The Kier molecular flexibility index (Phi) is 5.96. The molecule has 168 valence electrons. The van der Waals surface area contributed by atoms with Crippen molar-refractivity contribution in [2.24, 2.45) is 13.0 Å². The van der Waals surface area contributed by atoms with Gasteiger partial charge in [-0.3, -0.25) is 9.59 Å². The van der Waals surface area contributed by atoms with Crippen LogP contribution in [0.25, 0.3) is 10.9 Å². The number of hydrogen-bond acceptors (Lipinski definition) is 3. The van der Waals surface area contributed by atoms with Gasteiger partial charge in [-0.05, 0) is 35.2 Å². The van der Waals surface area contributed by atoms with E-state index in [0.29, 0.717) is 34.3 Å². The van der Waals surface area contributed by atoms with Crippen molar-refractivity contribution < 1.29 is 19.4 Å². The van der Waals surface area contributed by atoms with Crippen LogP contribution in [0, 0.1) is 5.92 Å². The minimum atomic E-state index is -0.850. The van der Waals surface area contributed by atoms with Crippen molar-refractivity contribution >= 4 is 46.0 Å². The summed E-state index contributed by atoms with van der Waals surface area (Å²) in [6.07, 6.45) is 0. The largest absolute Gasteiger partial charge is 0.481 e. The second-order valence-corrected chi connectivity index (χ2v) is 9.38. The number of carbonyl (C=O) groups excluding carboxylic acids is 1. The third kappa shape index (κ3) is 3.76. The van der Waals surface area contributed by atoms with Crippen molar-refractivity contribution in [2.75, 3.05) is 13.2 Å². The van der Waals surface area contributed by atoms with Gasteiger partial charge >= 0.3 is 5.97 Å². The topological polar surface area (TPSA) is 80.6 Å². The van der Waals surface area contributed by atoms with Crippen LogP contribution < -0.4 is 5.32 Å². The van der Waals surface area contributed by atoms with E-state index in [1.165, 1.54) is 0 Å². The van der Waals surface area contributed by atoms with E-state index in [-0.39, 0.29) is 11.8 Å². The highest BCUT2D eigenvalue weighted by atomic mass is 35.5. The molecule has 6 nitrogen and oxygen atoms in total. The molecule has 0 spiro atoms. The van der Waals surface area contributed by atoms with Crippen LogP contribution in [0.4, 0.5) is 0 Å². The minimum Gasteiger partial charge on any atom is -0.481 e. The number of benzene rings is 2. The first-order valence-electron chi connectivity index (χ1n) is 10.3. The normalized spacial score (nSPS) is 16.1. The van der Waals surface area contributed by atoms with Crippen molar-refractivity contribution in [3.63, 3.8) is 0 Å². The Morgan fingerprint density at radius 3 is 2.31 bits per heavy atom. The van der Waals surface area contributed by atoms with Gasteiger partial charge in [-0.2, -0.15) is 0 Å². The molecule has 1 aromatic heterocycles. The predicted molar refractivity (Wildman–Crippen MR) is 125 cm³/mol. The van der Waals surface area contributed by atoms with Crippen LogP contribution in [0.2, 0.25) is 10.0 Å². The third-order valence-electron chi connectivity index (χ3n) is 6.15. The van der Waals surface area contributed by atoms with Crippen molar-refractivity contribution in [1.82, 2.24) is 9.88 Å². The lowest BCUT2D eigenvalue weighted by Crippen LogP contribution is -2.59. The molecular formula is C24H24Cl2N2O4. The number of carboxylic acids is 1. The molecule has 0 saturated carbocycles. The number of carboxylic acid groups (broad SMARTS) is 1. The molecule has 8 heteroatoms. The molecule has 1 unspecified atom stereocenters. The molecule has 2 aromatic carbocycles. The maximum atomic E-state index is 13.2. The number of amides is 1. The number of nitrogens with zero attached hydrogens (tertiary/aromatic N) is 1. The zero-order valence-electron chi connectivity index (χ0n) is 18.0. The first-order valence-corrected chi connectivity index (χ1v) is 11.1. The number of aromatic nitrogens is 1. The lowest BCUT2D eigenvalue weighted by atomic mass is 9.84. The Labute approximate surface area is 196 Å². The van der Waals surface area contributed by atoms with E-state index >= 15 is 0 Å². The van der Waals surface area contributed by atoms with Crippen molar-refractivity contribution in [2.45, 2.75) is 25.3 Å². The molecule has 0 bridgehead atoms.